The van der Waals surface area contributed by atoms with Gasteiger partial charge in [-0.3, -0.25) is 0 Å². The maximum Gasteiger partial charge on any atom is 0.142 e. The van der Waals surface area contributed by atoms with E-state index in [-0.39, 0.29) is 22.2 Å². The molecule has 0 fully saturated rings. The Morgan fingerprint density at radius 1 is 1.08 bits per heavy atom. The molecule has 0 spiro atoms. The Morgan fingerprint density at radius 2 is 1.73 bits per heavy atom. The van der Waals surface area contributed by atoms with Crippen LogP contribution >= 0.6 is 11.8 Å². The average Bonchev–Trinajstić information content (AvgIpc) is 2.58. The molecule has 1 nitrogen and oxygen atoms in total. The molecule has 0 saturated carbocycles. The highest BCUT2D eigenvalue weighted by atomic mass is 32.2. The van der Waals surface area contributed by atoms with E-state index in [1.807, 2.05) is 20.8 Å². The van der Waals surface area contributed by atoms with Crippen LogP contribution in [0.25, 0.3) is 0 Å². The van der Waals surface area contributed by atoms with Gasteiger partial charge in [0.2, 0.25) is 0 Å². The number of halogens is 3. The third-order valence-electron chi connectivity index (χ3n) is 3.84. The summed E-state index contributed by atoms with van der Waals surface area (Å²) in [4.78, 5) is -0.351. The van der Waals surface area contributed by atoms with Crippen molar-refractivity contribution in [1.29, 1.82) is 5.26 Å². The number of nitriles is 1. The second-order valence-electron chi connectivity index (χ2n) is 6.12. The summed E-state index contributed by atoms with van der Waals surface area (Å²) in [5.74, 6) is 3.52. The van der Waals surface area contributed by atoms with Gasteiger partial charge in [-0.2, -0.15) is 5.26 Å². The summed E-state index contributed by atoms with van der Waals surface area (Å²) < 4.78 is 42.5. The maximum absolute atomic E-state index is 14.7. The third kappa shape index (κ3) is 4.42. The Bertz CT molecular complexity index is 894. The average molecular weight is 373 g/mol. The van der Waals surface area contributed by atoms with Gasteiger partial charge in [0.1, 0.15) is 22.9 Å². The molecule has 0 aliphatic rings. The molecule has 0 amide bonds. The first-order valence-electron chi connectivity index (χ1n) is 8.27. The molecule has 2 aromatic rings. The topological polar surface area (TPSA) is 23.8 Å². The number of hydrogen-bond acceptors (Lipinski definition) is 2. The smallest absolute Gasteiger partial charge is 0.142 e. The predicted octanol–water partition coefficient (Wildman–Crippen LogP) is 6.15. The van der Waals surface area contributed by atoms with Gasteiger partial charge in [0.25, 0.3) is 0 Å². The number of thiocyanates is 1. The van der Waals surface area contributed by atoms with E-state index in [4.69, 9.17) is 5.26 Å². The standard InChI is InChI=1S/C21H18F3NS/c1-4-5-16-9-8-15(19(13(2)3)20(16)24)7-6-14-10-17(22)21(26-12-25)18(23)11-14/h8-11,13H,4-5H2,1-3H3. The van der Waals surface area contributed by atoms with Crippen molar-refractivity contribution in [2.24, 2.45) is 0 Å². The van der Waals surface area contributed by atoms with Crippen LogP contribution < -0.4 is 0 Å². The second-order valence-corrected chi connectivity index (χ2v) is 6.91. The van der Waals surface area contributed by atoms with E-state index in [2.05, 4.69) is 11.8 Å². The zero-order valence-electron chi connectivity index (χ0n) is 14.8. The van der Waals surface area contributed by atoms with E-state index in [1.54, 1.807) is 17.5 Å². The SMILES string of the molecule is CCCc1ccc(C#Cc2cc(F)c(SC#N)c(F)c2)c(C(C)C)c1F. The van der Waals surface area contributed by atoms with E-state index in [1.165, 1.54) is 0 Å². The lowest BCUT2D eigenvalue weighted by Crippen LogP contribution is -2.02. The highest BCUT2D eigenvalue weighted by Gasteiger charge is 2.15. The maximum atomic E-state index is 14.7. The first-order chi connectivity index (χ1) is 12.4. The molecular weight excluding hydrogens is 355 g/mol. The predicted molar refractivity (Wildman–Crippen MR) is 98.3 cm³/mol. The number of thioether (sulfide) groups is 1. The Morgan fingerprint density at radius 3 is 2.27 bits per heavy atom. The van der Waals surface area contributed by atoms with Crippen molar-refractivity contribution in [3.8, 4) is 17.2 Å². The minimum atomic E-state index is -0.839. The Kier molecular flexibility index (Phi) is 6.77. The van der Waals surface area contributed by atoms with Gasteiger partial charge >= 0.3 is 0 Å². The largest absolute Gasteiger partial charge is 0.206 e. The van der Waals surface area contributed by atoms with Gasteiger partial charge in [-0.25, -0.2) is 13.2 Å². The summed E-state index contributed by atoms with van der Waals surface area (Å²) in [7, 11) is 0. The fraction of sp³-hybridized carbons (Fsp3) is 0.286. The summed E-state index contributed by atoms with van der Waals surface area (Å²) in [5, 5.41) is 10.2. The summed E-state index contributed by atoms with van der Waals surface area (Å²) >= 11 is 0.424. The summed E-state index contributed by atoms with van der Waals surface area (Å²) in [6, 6.07) is 5.62. The fourth-order valence-corrected chi connectivity index (χ4v) is 3.09. The monoisotopic (exact) mass is 373 g/mol. The van der Waals surface area contributed by atoms with Crippen molar-refractivity contribution in [1.82, 2.24) is 0 Å². The quantitative estimate of drug-likeness (QED) is 0.364. The zero-order valence-corrected chi connectivity index (χ0v) is 15.6. The molecule has 0 atom stereocenters. The molecule has 0 aromatic heterocycles. The molecule has 0 bridgehead atoms. The Labute approximate surface area is 156 Å². The van der Waals surface area contributed by atoms with Crippen LogP contribution in [-0.4, -0.2) is 0 Å². The number of benzene rings is 2. The van der Waals surface area contributed by atoms with Crippen LogP contribution in [0.2, 0.25) is 0 Å². The van der Waals surface area contributed by atoms with Crippen LogP contribution in [0.1, 0.15) is 55.4 Å². The molecule has 5 heteroatoms. The fourth-order valence-electron chi connectivity index (χ4n) is 2.69. The van der Waals surface area contributed by atoms with Crippen molar-refractivity contribution in [3.63, 3.8) is 0 Å². The normalized spacial score (nSPS) is 10.4. The molecule has 0 unspecified atom stereocenters. The van der Waals surface area contributed by atoms with E-state index < -0.39 is 11.6 Å². The number of aryl methyl sites for hydroxylation is 1. The molecule has 134 valence electrons. The van der Waals surface area contributed by atoms with Gasteiger partial charge in [-0.15, -0.1) is 0 Å². The van der Waals surface area contributed by atoms with Gasteiger partial charge in [0.15, 0.2) is 0 Å². The number of nitrogens with zero attached hydrogens (tertiary/aromatic N) is 1. The summed E-state index contributed by atoms with van der Waals surface area (Å²) in [6.07, 6.45) is 1.48. The molecule has 2 rings (SSSR count). The minimum absolute atomic E-state index is 0.0704. The molecule has 26 heavy (non-hydrogen) atoms. The van der Waals surface area contributed by atoms with Crippen LogP contribution in [0.15, 0.2) is 29.2 Å². The first-order valence-corrected chi connectivity index (χ1v) is 9.08. The minimum Gasteiger partial charge on any atom is -0.206 e. The molecule has 0 aliphatic heterocycles. The van der Waals surface area contributed by atoms with E-state index in [9.17, 15) is 13.2 Å². The Hall–Kier alpha value is -2.37. The van der Waals surface area contributed by atoms with Gasteiger partial charge in [-0.05, 0) is 47.9 Å². The van der Waals surface area contributed by atoms with E-state index >= 15 is 0 Å². The molecule has 0 N–H and O–H groups in total. The third-order valence-corrected chi connectivity index (χ3v) is 4.53. The van der Waals surface area contributed by atoms with Crippen LogP contribution in [0, 0.1) is 40.0 Å². The number of hydrogen-bond donors (Lipinski definition) is 0. The van der Waals surface area contributed by atoms with Crippen LogP contribution in [0.4, 0.5) is 13.2 Å². The lowest BCUT2D eigenvalue weighted by atomic mass is 9.93. The van der Waals surface area contributed by atoms with Crippen molar-refractivity contribution in [2.75, 3.05) is 0 Å². The van der Waals surface area contributed by atoms with Crippen LogP contribution in [-0.2, 0) is 6.42 Å². The summed E-state index contributed by atoms with van der Waals surface area (Å²) in [6.45, 7) is 5.75. The highest BCUT2D eigenvalue weighted by Crippen LogP contribution is 2.27. The van der Waals surface area contributed by atoms with E-state index in [0.717, 1.165) is 18.6 Å². The van der Waals surface area contributed by atoms with Gasteiger partial charge < -0.3 is 0 Å². The molecule has 0 heterocycles. The lowest BCUT2D eigenvalue weighted by Gasteiger charge is -2.13. The molecular formula is C21H18F3NS. The molecule has 0 aliphatic carbocycles. The molecule has 0 saturated heterocycles. The van der Waals surface area contributed by atoms with Crippen molar-refractivity contribution >= 4 is 11.8 Å². The zero-order chi connectivity index (χ0) is 19.3. The van der Waals surface area contributed by atoms with Crippen LogP contribution in [0.5, 0.6) is 0 Å². The van der Waals surface area contributed by atoms with Crippen molar-refractivity contribution in [2.45, 2.75) is 44.4 Å². The second kappa shape index (κ2) is 8.83. The van der Waals surface area contributed by atoms with Gasteiger partial charge in [0.05, 0.1) is 4.90 Å². The highest BCUT2D eigenvalue weighted by molar-refractivity contribution is 8.03. The van der Waals surface area contributed by atoms with Crippen molar-refractivity contribution < 1.29 is 13.2 Å². The van der Waals surface area contributed by atoms with E-state index in [0.29, 0.717) is 34.9 Å². The molecule has 0 radical (unpaired) electrons. The number of rotatable bonds is 4. The van der Waals surface area contributed by atoms with Gasteiger partial charge in [-0.1, -0.05) is 45.1 Å². The molecule has 2 aromatic carbocycles. The lowest BCUT2D eigenvalue weighted by molar-refractivity contribution is 0.540. The van der Waals surface area contributed by atoms with Gasteiger partial charge in [0, 0.05) is 16.7 Å². The Balaban J connectivity index is 2.48. The first kappa shape index (κ1) is 19.9. The van der Waals surface area contributed by atoms with Crippen molar-refractivity contribution in [3.05, 3.63) is 64.0 Å². The summed E-state index contributed by atoms with van der Waals surface area (Å²) in [5.41, 5.74) is 1.81. The van der Waals surface area contributed by atoms with Crippen LogP contribution in [0.3, 0.4) is 0 Å².